The fraction of sp³-hybridized carbons (Fsp3) is 0.588. The number of fused-ring (bicyclic) bond motifs is 1. The molecule has 4 nitrogen and oxygen atoms in total. The number of halogens is 1. The van der Waals surface area contributed by atoms with Crippen LogP contribution in [0, 0.1) is 0 Å². The number of imidazole rings is 1. The van der Waals surface area contributed by atoms with Gasteiger partial charge in [0.2, 0.25) is 6.33 Å². The Morgan fingerprint density at radius 1 is 1.27 bits per heavy atom. The molecule has 1 heterocycles. The first-order valence-electron chi connectivity index (χ1n) is 7.97. The summed E-state index contributed by atoms with van der Waals surface area (Å²) in [6, 6.07) is 8.25. The molecule has 1 unspecified atom stereocenters. The maximum absolute atomic E-state index is 10.2. The van der Waals surface area contributed by atoms with E-state index in [-0.39, 0.29) is 24.0 Å². The largest absolute Gasteiger partial charge is 1.00 e. The number of ether oxygens (including phenoxy) is 1. The summed E-state index contributed by atoms with van der Waals surface area (Å²) in [6.45, 7) is 1.01. The molecule has 1 N–H and O–H groups in total. The molecule has 2 aromatic rings. The van der Waals surface area contributed by atoms with E-state index in [4.69, 9.17) is 4.74 Å². The van der Waals surface area contributed by atoms with Gasteiger partial charge in [-0.25, -0.2) is 9.13 Å². The number of aromatic nitrogens is 2. The SMILES string of the molecule is C[n+]1cn(CC(O)COC2CCCCC2)c2ccccc21.[I-]. The lowest BCUT2D eigenvalue weighted by Crippen LogP contribution is -3.00. The van der Waals surface area contributed by atoms with Crippen molar-refractivity contribution in [2.75, 3.05) is 6.61 Å². The molecule has 0 radical (unpaired) electrons. The van der Waals surface area contributed by atoms with Gasteiger partial charge in [-0.3, -0.25) is 0 Å². The Balaban J connectivity index is 0.00000176. The fourth-order valence-corrected chi connectivity index (χ4v) is 3.24. The Morgan fingerprint density at radius 3 is 2.77 bits per heavy atom. The van der Waals surface area contributed by atoms with Crippen molar-refractivity contribution in [3.05, 3.63) is 30.6 Å². The lowest BCUT2D eigenvalue weighted by Gasteiger charge is -2.23. The van der Waals surface area contributed by atoms with E-state index in [0.29, 0.717) is 19.3 Å². The lowest BCUT2D eigenvalue weighted by molar-refractivity contribution is -0.645. The molecule has 1 fully saturated rings. The van der Waals surface area contributed by atoms with Gasteiger partial charge in [-0.05, 0) is 25.0 Å². The highest BCUT2D eigenvalue weighted by atomic mass is 127. The van der Waals surface area contributed by atoms with E-state index < -0.39 is 6.10 Å². The van der Waals surface area contributed by atoms with Crippen LogP contribution in [0.2, 0.25) is 0 Å². The minimum atomic E-state index is -0.456. The van der Waals surface area contributed by atoms with Crippen LogP contribution in [0.3, 0.4) is 0 Å². The third kappa shape index (κ3) is 4.20. The molecule has 1 atom stereocenters. The zero-order valence-electron chi connectivity index (χ0n) is 13.1. The van der Waals surface area contributed by atoms with Crippen LogP contribution in [0.25, 0.3) is 11.0 Å². The third-order valence-electron chi connectivity index (χ3n) is 4.37. The number of rotatable bonds is 5. The first-order chi connectivity index (χ1) is 10.2. The number of nitrogens with zero attached hydrogens (tertiary/aromatic N) is 2. The second-order valence-electron chi connectivity index (χ2n) is 6.11. The summed E-state index contributed by atoms with van der Waals surface area (Å²) < 4.78 is 10.1. The number of hydrogen-bond donors (Lipinski definition) is 1. The number of aliphatic hydroxyl groups is 1. The van der Waals surface area contributed by atoms with Gasteiger partial charge in [-0.1, -0.05) is 31.4 Å². The molecule has 22 heavy (non-hydrogen) atoms. The van der Waals surface area contributed by atoms with Crippen molar-refractivity contribution in [2.24, 2.45) is 7.05 Å². The summed E-state index contributed by atoms with van der Waals surface area (Å²) in [7, 11) is 2.03. The van der Waals surface area contributed by atoms with E-state index in [1.807, 2.05) is 25.5 Å². The number of aliphatic hydroxyl groups excluding tert-OH is 1. The lowest BCUT2D eigenvalue weighted by atomic mass is 9.98. The van der Waals surface area contributed by atoms with Crippen molar-refractivity contribution >= 4 is 11.0 Å². The normalized spacial score (nSPS) is 17.4. The summed E-state index contributed by atoms with van der Waals surface area (Å²) in [5, 5.41) is 10.2. The van der Waals surface area contributed by atoms with E-state index in [0.717, 1.165) is 18.4 Å². The van der Waals surface area contributed by atoms with Gasteiger partial charge in [0.15, 0.2) is 11.0 Å². The van der Waals surface area contributed by atoms with Crippen molar-refractivity contribution in [1.29, 1.82) is 0 Å². The number of hydrogen-bond acceptors (Lipinski definition) is 2. The van der Waals surface area contributed by atoms with E-state index in [2.05, 4.69) is 21.3 Å². The van der Waals surface area contributed by atoms with E-state index >= 15 is 0 Å². The molecule has 1 aromatic heterocycles. The average molecular weight is 416 g/mol. The number of aryl methyl sites for hydroxylation is 1. The highest BCUT2D eigenvalue weighted by molar-refractivity contribution is 5.71. The maximum atomic E-state index is 10.2. The van der Waals surface area contributed by atoms with E-state index in [9.17, 15) is 5.11 Å². The molecular formula is C17H25IN2O2. The molecule has 0 aliphatic heterocycles. The van der Waals surface area contributed by atoms with Crippen LogP contribution in [0.1, 0.15) is 32.1 Å². The van der Waals surface area contributed by atoms with Gasteiger partial charge >= 0.3 is 0 Å². The molecule has 3 rings (SSSR count). The molecule has 1 saturated carbocycles. The molecular weight excluding hydrogens is 391 g/mol. The summed E-state index contributed by atoms with van der Waals surface area (Å²) in [4.78, 5) is 0. The van der Waals surface area contributed by atoms with Crippen LogP contribution < -0.4 is 28.5 Å². The summed E-state index contributed by atoms with van der Waals surface area (Å²) in [6.07, 6.45) is 8.08. The summed E-state index contributed by atoms with van der Waals surface area (Å²) in [5.41, 5.74) is 2.33. The van der Waals surface area contributed by atoms with Crippen LogP contribution in [0.15, 0.2) is 30.6 Å². The minimum absolute atomic E-state index is 0. The summed E-state index contributed by atoms with van der Waals surface area (Å²) in [5.74, 6) is 0. The monoisotopic (exact) mass is 416 g/mol. The minimum Gasteiger partial charge on any atom is -1.00 e. The van der Waals surface area contributed by atoms with Gasteiger partial charge in [0.25, 0.3) is 0 Å². The summed E-state index contributed by atoms with van der Waals surface area (Å²) >= 11 is 0. The molecule has 1 aromatic carbocycles. The Kier molecular flexibility index (Phi) is 6.65. The predicted molar refractivity (Wildman–Crippen MR) is 81.9 cm³/mol. The van der Waals surface area contributed by atoms with Crippen LogP contribution >= 0.6 is 0 Å². The van der Waals surface area contributed by atoms with Crippen molar-refractivity contribution in [3.63, 3.8) is 0 Å². The van der Waals surface area contributed by atoms with Gasteiger partial charge in [-0.15, -0.1) is 0 Å². The van der Waals surface area contributed by atoms with Gasteiger partial charge in [0.05, 0.1) is 19.8 Å². The Bertz CT molecular complexity index is 593. The quantitative estimate of drug-likeness (QED) is 0.511. The molecule has 1 aliphatic carbocycles. The Hall–Kier alpha value is -0.660. The van der Waals surface area contributed by atoms with Crippen LogP contribution in [-0.2, 0) is 18.3 Å². The van der Waals surface area contributed by atoms with Crippen LogP contribution in [0.4, 0.5) is 0 Å². The zero-order chi connectivity index (χ0) is 14.7. The smallest absolute Gasteiger partial charge is 0.244 e. The van der Waals surface area contributed by atoms with Gasteiger partial charge in [0.1, 0.15) is 12.6 Å². The van der Waals surface area contributed by atoms with Crippen LogP contribution in [-0.4, -0.2) is 28.5 Å². The van der Waals surface area contributed by atoms with Gasteiger partial charge in [0, 0.05) is 0 Å². The molecule has 5 heteroatoms. The van der Waals surface area contributed by atoms with Crippen LogP contribution in [0.5, 0.6) is 0 Å². The van der Waals surface area contributed by atoms with Gasteiger partial charge < -0.3 is 33.8 Å². The molecule has 1 aliphatic rings. The molecule has 0 spiro atoms. The topological polar surface area (TPSA) is 38.3 Å². The average Bonchev–Trinajstić information content (AvgIpc) is 2.83. The highest BCUT2D eigenvalue weighted by Crippen LogP contribution is 2.20. The Morgan fingerprint density at radius 2 is 2.00 bits per heavy atom. The predicted octanol–water partition coefficient (Wildman–Crippen LogP) is -0.820. The standard InChI is InChI=1S/C17H25N2O2.HI/c1-18-13-19(17-10-6-5-9-16(17)18)11-14(20)12-21-15-7-3-2-4-8-15;/h5-6,9-10,13-15,20H,2-4,7-8,11-12H2,1H3;1H/q+1;/p-1. The van der Waals surface area contributed by atoms with Crippen molar-refractivity contribution < 1.29 is 38.4 Å². The maximum Gasteiger partial charge on any atom is 0.244 e. The second-order valence-corrected chi connectivity index (χ2v) is 6.11. The number of benzene rings is 1. The first-order valence-corrected chi connectivity index (χ1v) is 7.97. The molecule has 0 bridgehead atoms. The van der Waals surface area contributed by atoms with Crippen molar-refractivity contribution in [2.45, 2.75) is 50.9 Å². The number of para-hydroxylation sites is 2. The molecule has 0 saturated heterocycles. The second kappa shape index (κ2) is 8.26. The highest BCUT2D eigenvalue weighted by Gasteiger charge is 2.19. The Labute approximate surface area is 149 Å². The zero-order valence-corrected chi connectivity index (χ0v) is 15.3. The first kappa shape index (κ1) is 17.7. The third-order valence-corrected chi connectivity index (χ3v) is 4.37. The van der Waals surface area contributed by atoms with Crippen molar-refractivity contribution in [1.82, 2.24) is 4.57 Å². The van der Waals surface area contributed by atoms with Crippen molar-refractivity contribution in [3.8, 4) is 0 Å². The molecule has 0 amide bonds. The van der Waals surface area contributed by atoms with Gasteiger partial charge in [-0.2, -0.15) is 0 Å². The fourth-order valence-electron chi connectivity index (χ4n) is 3.24. The molecule has 122 valence electrons. The van der Waals surface area contributed by atoms with E-state index in [1.165, 1.54) is 24.8 Å². The van der Waals surface area contributed by atoms with E-state index in [1.54, 1.807) is 0 Å².